The number of aromatic carboxylic acids is 1. The zero-order chi connectivity index (χ0) is 12.3. The highest BCUT2D eigenvalue weighted by molar-refractivity contribution is 5.87. The summed E-state index contributed by atoms with van der Waals surface area (Å²) in [5.41, 5.74) is 0.197. The number of nitrogens with one attached hydrogen (secondary N) is 1. The van der Waals surface area contributed by atoms with Crippen molar-refractivity contribution in [1.29, 1.82) is 0 Å². The summed E-state index contributed by atoms with van der Waals surface area (Å²) in [6.07, 6.45) is 4.78. The Balaban J connectivity index is 1.80. The fourth-order valence-corrected chi connectivity index (χ4v) is 2.17. The summed E-state index contributed by atoms with van der Waals surface area (Å²) < 4.78 is 10.5. The van der Waals surface area contributed by atoms with Gasteiger partial charge in [-0.3, -0.25) is 0 Å². The van der Waals surface area contributed by atoms with Gasteiger partial charge in [0, 0.05) is 13.2 Å². The van der Waals surface area contributed by atoms with Crippen LogP contribution in [0, 0.1) is 0 Å². The van der Waals surface area contributed by atoms with E-state index in [1.165, 1.54) is 6.26 Å². The van der Waals surface area contributed by atoms with Crippen molar-refractivity contribution < 1.29 is 19.1 Å². The Morgan fingerprint density at radius 1 is 1.65 bits per heavy atom. The van der Waals surface area contributed by atoms with Crippen LogP contribution in [0.3, 0.4) is 0 Å². The molecule has 1 aromatic rings. The molecule has 0 radical (unpaired) electrons. The highest BCUT2D eigenvalue weighted by atomic mass is 16.5. The summed E-state index contributed by atoms with van der Waals surface area (Å²) in [7, 11) is 1.73. The number of hydrogen-bond donors (Lipinski definition) is 2. The van der Waals surface area contributed by atoms with Crippen LogP contribution in [0.1, 0.15) is 35.4 Å². The smallest absolute Gasteiger partial charge is 0.338 e. The van der Waals surface area contributed by atoms with Gasteiger partial charge in [0.25, 0.3) is 0 Å². The average molecular weight is 239 g/mol. The summed E-state index contributed by atoms with van der Waals surface area (Å²) in [4.78, 5) is 10.7. The third-order valence-electron chi connectivity index (χ3n) is 3.18. The lowest BCUT2D eigenvalue weighted by Crippen LogP contribution is -2.26. The zero-order valence-corrected chi connectivity index (χ0v) is 9.81. The van der Waals surface area contributed by atoms with Crippen LogP contribution < -0.4 is 5.32 Å². The van der Waals surface area contributed by atoms with Gasteiger partial charge in [0.2, 0.25) is 0 Å². The van der Waals surface area contributed by atoms with Crippen molar-refractivity contribution in [2.75, 3.05) is 7.11 Å². The second-order valence-electron chi connectivity index (χ2n) is 4.36. The topological polar surface area (TPSA) is 71.7 Å². The maximum atomic E-state index is 10.7. The molecule has 0 spiro atoms. The Kier molecular flexibility index (Phi) is 3.81. The van der Waals surface area contributed by atoms with E-state index < -0.39 is 5.97 Å². The number of carboxylic acids is 1. The van der Waals surface area contributed by atoms with E-state index in [9.17, 15) is 4.79 Å². The first-order valence-electron chi connectivity index (χ1n) is 5.76. The Morgan fingerprint density at radius 3 is 3.06 bits per heavy atom. The van der Waals surface area contributed by atoms with E-state index in [0.717, 1.165) is 19.3 Å². The lowest BCUT2D eigenvalue weighted by Gasteiger charge is -2.11. The van der Waals surface area contributed by atoms with E-state index in [2.05, 4.69) is 5.32 Å². The highest BCUT2D eigenvalue weighted by Crippen LogP contribution is 2.21. The minimum absolute atomic E-state index is 0.197. The molecule has 1 aromatic heterocycles. The SMILES string of the molecule is COC1CCC(NCc2cc(C(=O)O)co2)C1. The van der Waals surface area contributed by atoms with Gasteiger partial charge in [-0.2, -0.15) is 0 Å². The number of furan rings is 1. The molecule has 1 fully saturated rings. The van der Waals surface area contributed by atoms with Crippen molar-refractivity contribution in [2.24, 2.45) is 0 Å². The van der Waals surface area contributed by atoms with E-state index in [-0.39, 0.29) is 5.56 Å². The van der Waals surface area contributed by atoms with Crippen LogP contribution in [0.15, 0.2) is 16.7 Å². The van der Waals surface area contributed by atoms with Gasteiger partial charge in [-0.25, -0.2) is 4.79 Å². The lowest BCUT2D eigenvalue weighted by atomic mass is 10.2. The Morgan fingerprint density at radius 2 is 2.47 bits per heavy atom. The van der Waals surface area contributed by atoms with Crippen LogP contribution in [0.2, 0.25) is 0 Å². The van der Waals surface area contributed by atoms with E-state index in [1.54, 1.807) is 13.2 Å². The van der Waals surface area contributed by atoms with Crippen molar-refractivity contribution in [3.63, 3.8) is 0 Å². The summed E-state index contributed by atoms with van der Waals surface area (Å²) in [6.45, 7) is 0.564. The van der Waals surface area contributed by atoms with Crippen molar-refractivity contribution in [3.8, 4) is 0 Å². The second kappa shape index (κ2) is 5.33. The molecule has 5 nitrogen and oxygen atoms in total. The molecule has 1 aliphatic rings. The summed E-state index contributed by atoms with van der Waals surface area (Å²) in [5.74, 6) is -0.302. The van der Waals surface area contributed by atoms with Crippen LogP contribution >= 0.6 is 0 Å². The van der Waals surface area contributed by atoms with Crippen LogP contribution in [0.25, 0.3) is 0 Å². The molecule has 2 atom stereocenters. The third kappa shape index (κ3) is 3.08. The van der Waals surface area contributed by atoms with Gasteiger partial charge >= 0.3 is 5.97 Å². The monoisotopic (exact) mass is 239 g/mol. The molecule has 0 amide bonds. The largest absolute Gasteiger partial charge is 0.478 e. The van der Waals surface area contributed by atoms with E-state index in [0.29, 0.717) is 24.5 Å². The van der Waals surface area contributed by atoms with Crippen molar-refractivity contribution >= 4 is 5.97 Å². The predicted molar refractivity (Wildman–Crippen MR) is 60.9 cm³/mol. The van der Waals surface area contributed by atoms with Gasteiger partial charge in [-0.05, 0) is 25.3 Å². The average Bonchev–Trinajstić information content (AvgIpc) is 2.95. The molecule has 2 rings (SSSR count). The Hall–Kier alpha value is -1.33. The fraction of sp³-hybridized carbons (Fsp3) is 0.583. The number of methoxy groups -OCH3 is 1. The molecular formula is C12H17NO4. The van der Waals surface area contributed by atoms with Crippen molar-refractivity contribution in [2.45, 2.75) is 38.0 Å². The molecule has 5 heteroatoms. The molecule has 2 N–H and O–H groups in total. The molecular weight excluding hydrogens is 222 g/mol. The molecule has 94 valence electrons. The van der Waals surface area contributed by atoms with E-state index >= 15 is 0 Å². The van der Waals surface area contributed by atoms with Crippen LogP contribution in [-0.4, -0.2) is 30.3 Å². The van der Waals surface area contributed by atoms with Crippen LogP contribution in [0.4, 0.5) is 0 Å². The van der Waals surface area contributed by atoms with Crippen LogP contribution in [-0.2, 0) is 11.3 Å². The highest BCUT2D eigenvalue weighted by Gasteiger charge is 2.24. The van der Waals surface area contributed by atoms with Gasteiger partial charge in [-0.1, -0.05) is 0 Å². The molecule has 0 aromatic carbocycles. The quantitative estimate of drug-likeness (QED) is 0.817. The molecule has 0 saturated heterocycles. The zero-order valence-electron chi connectivity index (χ0n) is 9.81. The Bertz CT molecular complexity index is 388. The van der Waals surface area contributed by atoms with Crippen molar-refractivity contribution in [1.82, 2.24) is 5.32 Å². The summed E-state index contributed by atoms with van der Waals surface area (Å²) in [5, 5.41) is 12.1. The first kappa shape index (κ1) is 12.1. The first-order valence-corrected chi connectivity index (χ1v) is 5.76. The third-order valence-corrected chi connectivity index (χ3v) is 3.18. The molecule has 17 heavy (non-hydrogen) atoms. The molecule has 0 bridgehead atoms. The number of rotatable bonds is 5. The second-order valence-corrected chi connectivity index (χ2v) is 4.36. The van der Waals surface area contributed by atoms with E-state index in [4.69, 9.17) is 14.3 Å². The molecule has 1 heterocycles. The minimum Gasteiger partial charge on any atom is -0.478 e. The van der Waals surface area contributed by atoms with Gasteiger partial charge in [0.05, 0.1) is 18.2 Å². The first-order chi connectivity index (χ1) is 8.19. The molecule has 1 aliphatic carbocycles. The predicted octanol–water partition coefficient (Wildman–Crippen LogP) is 1.63. The Labute approximate surface area is 99.8 Å². The standard InChI is InChI=1S/C12H17NO4/c1-16-10-3-2-9(5-10)13-6-11-4-8(7-17-11)12(14)15/h4,7,9-10,13H,2-3,5-6H2,1H3,(H,14,15). The number of hydrogen-bond acceptors (Lipinski definition) is 4. The summed E-state index contributed by atoms with van der Waals surface area (Å²) in [6, 6.07) is 1.98. The van der Waals surface area contributed by atoms with Gasteiger partial charge < -0.3 is 19.6 Å². The molecule has 2 unspecified atom stereocenters. The normalized spacial score (nSPS) is 24.1. The van der Waals surface area contributed by atoms with Gasteiger partial charge in [0.1, 0.15) is 12.0 Å². The lowest BCUT2D eigenvalue weighted by molar-refractivity contribution is 0.0696. The molecule has 1 saturated carbocycles. The number of carbonyl (C=O) groups is 1. The maximum Gasteiger partial charge on any atom is 0.338 e. The van der Waals surface area contributed by atoms with Crippen LogP contribution in [0.5, 0.6) is 0 Å². The van der Waals surface area contributed by atoms with Gasteiger partial charge in [0.15, 0.2) is 0 Å². The van der Waals surface area contributed by atoms with E-state index in [1.807, 2.05) is 0 Å². The van der Waals surface area contributed by atoms with Gasteiger partial charge in [-0.15, -0.1) is 0 Å². The van der Waals surface area contributed by atoms with Crippen molar-refractivity contribution in [3.05, 3.63) is 23.7 Å². The summed E-state index contributed by atoms with van der Waals surface area (Å²) >= 11 is 0. The number of ether oxygens (including phenoxy) is 1. The number of carboxylic acid groups (broad SMARTS) is 1. The minimum atomic E-state index is -0.958. The molecule has 0 aliphatic heterocycles. The maximum absolute atomic E-state index is 10.7. The fourth-order valence-electron chi connectivity index (χ4n) is 2.17.